The van der Waals surface area contributed by atoms with Crippen LogP contribution in [0.2, 0.25) is 0 Å². The molecule has 4 rings (SSSR count). The van der Waals surface area contributed by atoms with Gasteiger partial charge in [-0.1, -0.05) is 0 Å². The molecule has 0 spiro atoms. The van der Waals surface area contributed by atoms with Gasteiger partial charge in [0.05, 0.1) is 31.7 Å². The van der Waals surface area contributed by atoms with Gasteiger partial charge >= 0.3 is 12.5 Å². The maximum atomic E-state index is 15.0. The van der Waals surface area contributed by atoms with Crippen LogP contribution in [0.5, 0.6) is 0 Å². The van der Waals surface area contributed by atoms with Crippen molar-refractivity contribution in [2.75, 3.05) is 49.1 Å². The van der Waals surface area contributed by atoms with E-state index in [0.717, 1.165) is 17.0 Å². The van der Waals surface area contributed by atoms with Gasteiger partial charge in [-0.2, -0.15) is 8.78 Å². The van der Waals surface area contributed by atoms with E-state index >= 15 is 8.78 Å². The highest BCUT2D eigenvalue weighted by Crippen LogP contribution is 2.31. The minimum Gasteiger partial charge on any atom is -0.442 e. The van der Waals surface area contributed by atoms with E-state index in [9.17, 15) is 23.2 Å². The molecule has 3 heterocycles. The molecule has 2 saturated heterocycles. The Morgan fingerprint density at radius 1 is 1.22 bits per heavy atom. The van der Waals surface area contributed by atoms with E-state index in [-0.39, 0.29) is 63.0 Å². The molecule has 1 aromatic carbocycles. The van der Waals surface area contributed by atoms with Gasteiger partial charge in [0.25, 0.3) is 5.91 Å². The zero-order chi connectivity index (χ0) is 25.8. The summed E-state index contributed by atoms with van der Waals surface area (Å²) in [6.07, 6.45) is -3.39. The first kappa shape index (κ1) is 25.6. The van der Waals surface area contributed by atoms with E-state index in [1.807, 2.05) is 5.32 Å². The van der Waals surface area contributed by atoms with Gasteiger partial charge in [-0.05, 0) is 0 Å². The third-order valence-electron chi connectivity index (χ3n) is 5.57. The minimum atomic E-state index is -3.22. The topological polar surface area (TPSA) is 107 Å². The first-order valence-electron chi connectivity index (χ1n) is 10.9. The maximum absolute atomic E-state index is 15.0. The molecule has 2 aliphatic rings. The Kier molecular flexibility index (Phi) is 7.88. The fraction of sp³-hybridized carbons (Fsp3) is 0.429. The molecule has 194 valence electrons. The van der Waals surface area contributed by atoms with E-state index in [1.54, 1.807) is 11.6 Å². The molecule has 3 amide bonds. The first-order chi connectivity index (χ1) is 17.2. The largest absolute Gasteiger partial charge is 0.442 e. The number of nitrogens with zero attached hydrogens (tertiary/aromatic N) is 4. The van der Waals surface area contributed by atoms with Crippen molar-refractivity contribution in [3.05, 3.63) is 40.4 Å². The number of thiazole rings is 1. The highest BCUT2D eigenvalue weighted by Gasteiger charge is 2.34. The second-order valence-electron chi connectivity index (χ2n) is 7.96. The molecule has 1 aromatic heterocycles. The van der Waals surface area contributed by atoms with Crippen LogP contribution in [0, 0.1) is 11.6 Å². The average molecular weight is 531 g/mol. The molecular formula is C21H22F4N6O4S. The highest BCUT2D eigenvalue weighted by molar-refractivity contribution is 7.09. The Balaban J connectivity index is 1.40. The minimum absolute atomic E-state index is 0.112. The molecule has 0 unspecified atom stereocenters. The van der Waals surface area contributed by atoms with E-state index in [1.165, 1.54) is 21.2 Å². The smallest absolute Gasteiger partial charge is 0.414 e. The van der Waals surface area contributed by atoms with Gasteiger partial charge in [-0.25, -0.2) is 24.0 Å². The van der Waals surface area contributed by atoms with Crippen LogP contribution < -0.4 is 20.5 Å². The fourth-order valence-electron chi connectivity index (χ4n) is 3.87. The molecule has 1 atom stereocenters. The van der Waals surface area contributed by atoms with Crippen LogP contribution >= 0.6 is 11.3 Å². The van der Waals surface area contributed by atoms with E-state index < -0.39 is 36.2 Å². The number of nitrogens with one attached hydrogen (secondary N) is 2. The Morgan fingerprint density at radius 2 is 1.97 bits per heavy atom. The summed E-state index contributed by atoms with van der Waals surface area (Å²) in [5.74, 6) is -3.57. The van der Waals surface area contributed by atoms with Crippen LogP contribution in [-0.4, -0.2) is 79.7 Å². The lowest BCUT2D eigenvalue weighted by molar-refractivity contribution is -0.133. The second-order valence-corrected chi connectivity index (χ2v) is 8.94. The zero-order valence-electron chi connectivity index (χ0n) is 18.8. The quantitative estimate of drug-likeness (QED) is 0.523. The van der Waals surface area contributed by atoms with E-state index in [0.29, 0.717) is 5.01 Å². The van der Waals surface area contributed by atoms with Crippen LogP contribution in [0.3, 0.4) is 0 Å². The lowest BCUT2D eigenvalue weighted by Gasteiger charge is -2.25. The Hall–Kier alpha value is -3.46. The normalized spacial score (nSPS) is 18.4. The number of carbonyl (C=O) groups is 3. The van der Waals surface area contributed by atoms with E-state index in [2.05, 4.69) is 10.4 Å². The number of halogens is 4. The third-order valence-corrected chi connectivity index (χ3v) is 6.35. The van der Waals surface area contributed by atoms with Gasteiger partial charge in [0.15, 0.2) is 11.6 Å². The van der Waals surface area contributed by atoms with E-state index in [4.69, 9.17) is 4.74 Å². The fourth-order valence-corrected chi connectivity index (χ4v) is 4.48. The van der Waals surface area contributed by atoms with Crippen LogP contribution in [0.15, 0.2) is 23.7 Å². The number of anilines is 2. The van der Waals surface area contributed by atoms with Crippen molar-refractivity contribution in [1.82, 2.24) is 20.7 Å². The Morgan fingerprint density at radius 3 is 2.64 bits per heavy atom. The molecule has 10 nitrogen and oxygen atoms in total. The monoisotopic (exact) mass is 530 g/mol. The molecule has 2 aromatic rings. The number of alkyl halides is 2. The van der Waals surface area contributed by atoms with Crippen molar-refractivity contribution in [2.24, 2.45) is 0 Å². The maximum Gasteiger partial charge on any atom is 0.414 e. The molecule has 0 radical (unpaired) electrons. The highest BCUT2D eigenvalue weighted by atomic mass is 32.1. The predicted molar refractivity (Wildman–Crippen MR) is 121 cm³/mol. The van der Waals surface area contributed by atoms with Crippen molar-refractivity contribution < 1.29 is 36.7 Å². The number of amides is 3. The molecule has 0 saturated carbocycles. The van der Waals surface area contributed by atoms with Gasteiger partial charge in [0.2, 0.25) is 5.91 Å². The van der Waals surface area contributed by atoms with Crippen LogP contribution in [-0.2, 0) is 20.7 Å². The molecule has 0 aliphatic carbocycles. The van der Waals surface area contributed by atoms with Crippen molar-refractivity contribution in [3.8, 4) is 0 Å². The zero-order valence-corrected chi connectivity index (χ0v) is 19.6. The van der Waals surface area contributed by atoms with Gasteiger partial charge in [0.1, 0.15) is 16.8 Å². The Labute approximate surface area is 206 Å². The molecule has 0 bridgehead atoms. The summed E-state index contributed by atoms with van der Waals surface area (Å²) in [6, 6.07) is 1.95. The standard InChI is InChI=1S/C21H22F4N6O4S/c22-14-7-12(30-11-13(35-21(30)34)10-27-20(33)19(24)25)8-15(23)18(14)29-3-1-28-31(5-4-29)17(32)9-16-26-2-6-36-16/h2,6-8,13,19,28H,1,3-5,9-11H2,(H,27,33)/t13-/m0/s1. The molecular weight excluding hydrogens is 508 g/mol. The number of hydrogen-bond acceptors (Lipinski definition) is 8. The number of hydrogen-bond donors (Lipinski definition) is 2. The average Bonchev–Trinajstić information content (AvgIpc) is 3.40. The summed E-state index contributed by atoms with van der Waals surface area (Å²) < 4.78 is 59.7. The summed E-state index contributed by atoms with van der Waals surface area (Å²) in [4.78, 5) is 42.2. The number of ether oxygens (including phenoxy) is 1. The summed E-state index contributed by atoms with van der Waals surface area (Å²) in [7, 11) is 0. The number of rotatable bonds is 7. The summed E-state index contributed by atoms with van der Waals surface area (Å²) in [5, 5.41) is 5.77. The lowest BCUT2D eigenvalue weighted by atomic mass is 10.2. The molecule has 36 heavy (non-hydrogen) atoms. The van der Waals surface area contributed by atoms with Gasteiger partial charge in [-0.15, -0.1) is 11.3 Å². The van der Waals surface area contributed by atoms with Gasteiger partial charge in [0, 0.05) is 43.3 Å². The number of benzene rings is 1. The van der Waals surface area contributed by atoms with Crippen LogP contribution in [0.4, 0.5) is 33.7 Å². The van der Waals surface area contributed by atoms with Gasteiger partial charge < -0.3 is 15.0 Å². The molecule has 15 heteroatoms. The molecule has 2 fully saturated rings. The number of hydrazine groups is 1. The van der Waals surface area contributed by atoms with Crippen LogP contribution in [0.25, 0.3) is 0 Å². The lowest BCUT2D eigenvalue weighted by Crippen LogP contribution is -2.44. The van der Waals surface area contributed by atoms with Crippen molar-refractivity contribution in [2.45, 2.75) is 19.0 Å². The summed E-state index contributed by atoms with van der Waals surface area (Å²) >= 11 is 1.36. The predicted octanol–water partition coefficient (Wildman–Crippen LogP) is 1.52. The van der Waals surface area contributed by atoms with Crippen LogP contribution in [0.1, 0.15) is 5.01 Å². The van der Waals surface area contributed by atoms with Crippen molar-refractivity contribution in [3.63, 3.8) is 0 Å². The second kappa shape index (κ2) is 11.1. The number of aromatic nitrogens is 1. The molecule has 2 N–H and O–H groups in total. The van der Waals surface area contributed by atoms with Crippen molar-refractivity contribution >= 4 is 40.6 Å². The summed E-state index contributed by atoms with van der Waals surface area (Å²) in [6.45, 7) is 0.245. The third kappa shape index (κ3) is 5.84. The Bertz CT molecular complexity index is 1100. The number of cyclic esters (lactones) is 1. The summed E-state index contributed by atoms with van der Waals surface area (Å²) in [5.41, 5.74) is 2.54. The van der Waals surface area contributed by atoms with Gasteiger partial charge in [-0.3, -0.25) is 19.5 Å². The van der Waals surface area contributed by atoms with Crippen molar-refractivity contribution in [1.29, 1.82) is 0 Å². The number of carbonyl (C=O) groups excluding carboxylic acids is 3. The molecule has 2 aliphatic heterocycles. The SMILES string of the molecule is O=C(NC[C@H]1CN(c2cc(F)c(N3CCNN(C(=O)Cc4nccs4)CC3)c(F)c2)C(=O)O1)C(F)F. The first-order valence-corrected chi connectivity index (χ1v) is 11.8.